The normalized spacial score (nSPS) is 17.6. The molecule has 1 saturated carbocycles. The number of nitrogens with zero attached hydrogens (tertiary/aromatic N) is 1. The number of H-pyrrole nitrogens is 1. The number of hydrogen-bond donors (Lipinski definition) is 2. The smallest absolute Gasteiger partial charge is 0.126 e. The third-order valence-electron chi connectivity index (χ3n) is 4.67. The van der Waals surface area contributed by atoms with Gasteiger partial charge in [-0.1, -0.05) is 18.9 Å². The van der Waals surface area contributed by atoms with Gasteiger partial charge in [-0.05, 0) is 56.4 Å². The summed E-state index contributed by atoms with van der Waals surface area (Å²) in [5.74, 6) is 0.947. The highest BCUT2D eigenvalue weighted by Crippen LogP contribution is 2.36. The summed E-state index contributed by atoms with van der Waals surface area (Å²) in [7, 11) is 0. The molecule has 3 rings (SSSR count). The van der Waals surface area contributed by atoms with Crippen molar-refractivity contribution in [1.29, 1.82) is 0 Å². The number of hydrogen-bond acceptors (Lipinski definition) is 2. The minimum atomic E-state index is -0.244. The molecule has 20 heavy (non-hydrogen) atoms. The molecule has 0 atom stereocenters. The molecule has 1 aromatic heterocycles. The second-order valence-electron chi connectivity index (χ2n) is 6.26. The van der Waals surface area contributed by atoms with E-state index >= 15 is 0 Å². The second-order valence-corrected chi connectivity index (χ2v) is 6.26. The van der Waals surface area contributed by atoms with Crippen LogP contribution in [-0.4, -0.2) is 9.97 Å². The lowest BCUT2D eigenvalue weighted by Crippen LogP contribution is -2.34. The van der Waals surface area contributed by atoms with E-state index in [0.717, 1.165) is 24.4 Å². The van der Waals surface area contributed by atoms with E-state index < -0.39 is 0 Å². The number of benzene rings is 1. The van der Waals surface area contributed by atoms with E-state index in [2.05, 4.69) is 42.9 Å². The van der Waals surface area contributed by atoms with Gasteiger partial charge in [0.25, 0.3) is 0 Å². The van der Waals surface area contributed by atoms with Crippen molar-refractivity contribution >= 4 is 0 Å². The maximum Gasteiger partial charge on any atom is 0.126 e. The Morgan fingerprint density at radius 2 is 1.70 bits per heavy atom. The van der Waals surface area contributed by atoms with Gasteiger partial charge in [-0.25, -0.2) is 4.98 Å². The van der Waals surface area contributed by atoms with Crippen LogP contribution in [-0.2, 0) is 5.54 Å². The van der Waals surface area contributed by atoms with Crippen molar-refractivity contribution in [2.45, 2.75) is 52.0 Å². The standard InChI is InChI=1S/C17H23N3/c1-11-8-13(3)14(9-12(11)2)15-10-19-16(20-15)17(18)6-4-5-7-17/h8-10H,4-7,18H2,1-3H3,(H,19,20). The largest absolute Gasteiger partial charge is 0.340 e. The number of nitrogens with two attached hydrogens (primary N) is 1. The third-order valence-corrected chi connectivity index (χ3v) is 4.67. The number of aromatic amines is 1. The summed E-state index contributed by atoms with van der Waals surface area (Å²) >= 11 is 0. The average Bonchev–Trinajstić information content (AvgIpc) is 3.03. The second kappa shape index (κ2) is 4.74. The van der Waals surface area contributed by atoms with Crippen molar-refractivity contribution in [3.8, 4) is 11.3 Å². The summed E-state index contributed by atoms with van der Waals surface area (Å²) in [5.41, 5.74) is 12.5. The molecule has 106 valence electrons. The molecule has 1 aliphatic carbocycles. The fraction of sp³-hybridized carbons (Fsp3) is 0.471. The highest BCUT2D eigenvalue weighted by Gasteiger charge is 2.34. The van der Waals surface area contributed by atoms with Crippen LogP contribution in [0.4, 0.5) is 0 Å². The van der Waals surface area contributed by atoms with Gasteiger partial charge in [0.15, 0.2) is 0 Å². The van der Waals surface area contributed by atoms with Gasteiger partial charge in [-0.3, -0.25) is 0 Å². The summed E-state index contributed by atoms with van der Waals surface area (Å²) < 4.78 is 0. The van der Waals surface area contributed by atoms with Crippen LogP contribution in [0, 0.1) is 20.8 Å². The molecule has 0 saturated heterocycles. The van der Waals surface area contributed by atoms with Crippen LogP contribution >= 0.6 is 0 Å². The zero-order valence-corrected chi connectivity index (χ0v) is 12.6. The first-order chi connectivity index (χ1) is 9.49. The van der Waals surface area contributed by atoms with E-state index in [4.69, 9.17) is 5.73 Å². The number of imidazole rings is 1. The molecule has 3 nitrogen and oxygen atoms in total. The fourth-order valence-corrected chi connectivity index (χ4v) is 3.20. The zero-order chi connectivity index (χ0) is 14.3. The molecule has 0 spiro atoms. The van der Waals surface area contributed by atoms with Gasteiger partial charge in [0.05, 0.1) is 17.4 Å². The first-order valence-electron chi connectivity index (χ1n) is 7.42. The summed E-state index contributed by atoms with van der Waals surface area (Å²) in [6, 6.07) is 4.47. The molecule has 1 aliphatic rings. The predicted molar refractivity (Wildman–Crippen MR) is 82.6 cm³/mol. The summed E-state index contributed by atoms with van der Waals surface area (Å²) in [5, 5.41) is 0. The van der Waals surface area contributed by atoms with Crippen LogP contribution in [0.3, 0.4) is 0 Å². The lowest BCUT2D eigenvalue weighted by Gasteiger charge is -2.20. The van der Waals surface area contributed by atoms with Crippen molar-refractivity contribution in [3.05, 3.63) is 40.8 Å². The molecule has 2 aromatic rings. The Balaban J connectivity index is 2.00. The van der Waals surface area contributed by atoms with Crippen LogP contribution in [0.5, 0.6) is 0 Å². The number of nitrogens with one attached hydrogen (secondary N) is 1. The molecular weight excluding hydrogens is 246 g/mol. The molecular formula is C17H23N3. The topological polar surface area (TPSA) is 54.7 Å². The summed E-state index contributed by atoms with van der Waals surface area (Å²) in [6.07, 6.45) is 6.40. The maximum absolute atomic E-state index is 6.47. The Hall–Kier alpha value is -1.61. The Morgan fingerprint density at radius 3 is 2.40 bits per heavy atom. The fourth-order valence-electron chi connectivity index (χ4n) is 3.20. The van der Waals surface area contributed by atoms with Crippen LogP contribution < -0.4 is 5.73 Å². The van der Waals surface area contributed by atoms with Crippen molar-refractivity contribution in [2.75, 3.05) is 0 Å². The van der Waals surface area contributed by atoms with E-state index in [1.165, 1.54) is 35.1 Å². The maximum atomic E-state index is 6.47. The highest BCUT2D eigenvalue weighted by molar-refractivity contribution is 5.65. The molecule has 0 unspecified atom stereocenters. The van der Waals surface area contributed by atoms with Crippen LogP contribution in [0.15, 0.2) is 18.3 Å². The summed E-state index contributed by atoms with van der Waals surface area (Å²) in [6.45, 7) is 6.45. The van der Waals surface area contributed by atoms with Gasteiger partial charge < -0.3 is 10.7 Å². The van der Waals surface area contributed by atoms with E-state index in [0.29, 0.717) is 0 Å². The van der Waals surface area contributed by atoms with Gasteiger partial charge >= 0.3 is 0 Å². The predicted octanol–water partition coefficient (Wildman–Crippen LogP) is 3.73. The molecule has 0 bridgehead atoms. The molecule has 0 amide bonds. The molecule has 0 radical (unpaired) electrons. The van der Waals surface area contributed by atoms with E-state index in [9.17, 15) is 0 Å². The Morgan fingerprint density at radius 1 is 1.05 bits per heavy atom. The van der Waals surface area contributed by atoms with Gasteiger partial charge in [-0.2, -0.15) is 0 Å². The lowest BCUT2D eigenvalue weighted by atomic mass is 9.98. The number of aryl methyl sites for hydroxylation is 3. The lowest BCUT2D eigenvalue weighted by molar-refractivity contribution is 0.436. The van der Waals surface area contributed by atoms with Crippen LogP contribution in [0.25, 0.3) is 11.3 Å². The minimum absolute atomic E-state index is 0.244. The van der Waals surface area contributed by atoms with Crippen molar-refractivity contribution < 1.29 is 0 Å². The average molecular weight is 269 g/mol. The first kappa shape index (κ1) is 13.4. The minimum Gasteiger partial charge on any atom is -0.340 e. The molecule has 1 heterocycles. The Kier molecular flexibility index (Phi) is 3.17. The molecule has 3 N–H and O–H groups in total. The van der Waals surface area contributed by atoms with Crippen molar-refractivity contribution in [1.82, 2.24) is 9.97 Å². The first-order valence-corrected chi connectivity index (χ1v) is 7.42. The summed E-state index contributed by atoms with van der Waals surface area (Å²) in [4.78, 5) is 8.02. The molecule has 1 fully saturated rings. The van der Waals surface area contributed by atoms with E-state index in [1.54, 1.807) is 0 Å². The van der Waals surface area contributed by atoms with E-state index in [-0.39, 0.29) is 5.54 Å². The SMILES string of the molecule is Cc1cc(C)c(-c2cnc(C3(N)CCCC3)[nH]2)cc1C. The highest BCUT2D eigenvalue weighted by atomic mass is 15.0. The van der Waals surface area contributed by atoms with Crippen molar-refractivity contribution in [3.63, 3.8) is 0 Å². The monoisotopic (exact) mass is 269 g/mol. The van der Waals surface area contributed by atoms with E-state index in [1.807, 2.05) is 6.20 Å². The third kappa shape index (κ3) is 2.16. The quantitative estimate of drug-likeness (QED) is 0.872. The zero-order valence-electron chi connectivity index (χ0n) is 12.6. The van der Waals surface area contributed by atoms with Gasteiger partial charge in [0.2, 0.25) is 0 Å². The molecule has 0 aliphatic heterocycles. The van der Waals surface area contributed by atoms with Crippen LogP contribution in [0.1, 0.15) is 48.2 Å². The van der Waals surface area contributed by atoms with Crippen LogP contribution in [0.2, 0.25) is 0 Å². The number of rotatable bonds is 2. The molecule has 1 aromatic carbocycles. The van der Waals surface area contributed by atoms with Gasteiger partial charge in [-0.15, -0.1) is 0 Å². The number of aromatic nitrogens is 2. The van der Waals surface area contributed by atoms with Gasteiger partial charge in [0.1, 0.15) is 5.82 Å². The van der Waals surface area contributed by atoms with Gasteiger partial charge in [0, 0.05) is 5.56 Å². The Bertz CT molecular complexity index is 634. The Labute approximate surface area is 120 Å². The van der Waals surface area contributed by atoms with Crippen molar-refractivity contribution in [2.24, 2.45) is 5.73 Å². The molecule has 3 heteroatoms.